The highest BCUT2D eigenvalue weighted by Gasteiger charge is 2.47. The third-order valence-corrected chi connectivity index (χ3v) is 4.70. The number of carbonyl (C=O) groups excluding carboxylic acids is 4. The number of hydrazine groups is 1. The largest absolute Gasteiger partial charge is 0.466 e. The molecule has 2 fully saturated rings. The lowest BCUT2D eigenvalue weighted by atomic mass is 9.98. The van der Waals surface area contributed by atoms with Crippen molar-refractivity contribution in [3.63, 3.8) is 0 Å². The molecule has 0 aromatic rings. The predicted octanol–water partition coefficient (Wildman–Crippen LogP) is 0.0132. The minimum atomic E-state index is -0.996. The summed E-state index contributed by atoms with van der Waals surface area (Å²) in [6.07, 6.45) is 1.95. The van der Waals surface area contributed by atoms with Crippen LogP contribution in [0.15, 0.2) is 0 Å². The number of amides is 4. The lowest BCUT2D eigenvalue weighted by Gasteiger charge is -2.31. The Kier molecular flexibility index (Phi) is 5.99. The molecule has 9 heteroatoms. The number of carbonyl (C=O) groups is 4. The van der Waals surface area contributed by atoms with Gasteiger partial charge in [0, 0.05) is 6.54 Å². The van der Waals surface area contributed by atoms with Crippen molar-refractivity contribution in [3.8, 4) is 0 Å². The summed E-state index contributed by atoms with van der Waals surface area (Å²) >= 11 is 0. The van der Waals surface area contributed by atoms with Gasteiger partial charge in [0.1, 0.15) is 5.54 Å². The van der Waals surface area contributed by atoms with Crippen molar-refractivity contribution in [2.45, 2.75) is 45.6 Å². The van der Waals surface area contributed by atoms with E-state index in [1.54, 1.807) is 20.8 Å². The second-order valence-electron chi connectivity index (χ2n) is 6.62. The maximum absolute atomic E-state index is 12.3. The zero-order chi connectivity index (χ0) is 18.6. The van der Waals surface area contributed by atoms with Gasteiger partial charge in [0.15, 0.2) is 0 Å². The van der Waals surface area contributed by atoms with Gasteiger partial charge in [-0.05, 0) is 39.7 Å². The van der Waals surface area contributed by atoms with Gasteiger partial charge in [-0.2, -0.15) is 5.01 Å². The number of nitrogens with one attached hydrogen (secondary N) is 2. The topological polar surface area (TPSA) is 108 Å². The third-order valence-electron chi connectivity index (χ3n) is 4.70. The van der Waals surface area contributed by atoms with Crippen LogP contribution in [0.3, 0.4) is 0 Å². The van der Waals surface area contributed by atoms with Crippen molar-refractivity contribution in [3.05, 3.63) is 0 Å². The van der Waals surface area contributed by atoms with E-state index in [0.29, 0.717) is 26.1 Å². The molecule has 2 N–H and O–H groups in total. The van der Waals surface area contributed by atoms with Gasteiger partial charge >= 0.3 is 12.0 Å². The predicted molar refractivity (Wildman–Crippen MR) is 88.0 cm³/mol. The van der Waals surface area contributed by atoms with Crippen LogP contribution in [0.25, 0.3) is 0 Å². The molecule has 0 aromatic heterocycles. The van der Waals surface area contributed by atoms with Crippen molar-refractivity contribution in [1.82, 2.24) is 20.7 Å². The van der Waals surface area contributed by atoms with Crippen molar-refractivity contribution >= 4 is 23.8 Å². The van der Waals surface area contributed by atoms with E-state index in [1.807, 2.05) is 4.90 Å². The molecular weight excluding hydrogens is 328 g/mol. The highest BCUT2D eigenvalue weighted by molar-refractivity contribution is 6.07. The first-order valence-corrected chi connectivity index (χ1v) is 8.66. The molecular formula is C16H26N4O5. The second kappa shape index (κ2) is 7.81. The fourth-order valence-corrected chi connectivity index (χ4v) is 3.04. The Hall–Kier alpha value is -2.16. The van der Waals surface area contributed by atoms with Gasteiger partial charge in [0.25, 0.3) is 11.8 Å². The maximum Gasteiger partial charge on any atom is 0.344 e. The number of nitrogens with zero attached hydrogens (tertiary/aromatic N) is 2. The van der Waals surface area contributed by atoms with E-state index in [1.165, 1.54) is 0 Å². The fourth-order valence-electron chi connectivity index (χ4n) is 3.04. The number of hydrogen-bond acceptors (Lipinski definition) is 6. The van der Waals surface area contributed by atoms with E-state index < -0.39 is 23.4 Å². The van der Waals surface area contributed by atoms with Crippen LogP contribution >= 0.6 is 0 Å². The van der Waals surface area contributed by atoms with Crippen LogP contribution in [-0.2, 0) is 19.1 Å². The molecule has 2 heterocycles. The summed E-state index contributed by atoms with van der Waals surface area (Å²) in [5.41, 5.74) is 1.36. The van der Waals surface area contributed by atoms with Gasteiger partial charge in [-0.15, -0.1) is 0 Å². The fraction of sp³-hybridized carbons (Fsp3) is 0.750. The van der Waals surface area contributed by atoms with Crippen molar-refractivity contribution in [2.75, 3.05) is 26.2 Å². The van der Waals surface area contributed by atoms with Crippen LogP contribution in [0, 0.1) is 5.92 Å². The van der Waals surface area contributed by atoms with E-state index >= 15 is 0 Å². The molecule has 0 radical (unpaired) electrons. The van der Waals surface area contributed by atoms with Crippen LogP contribution in [0.1, 0.15) is 40.0 Å². The second-order valence-corrected chi connectivity index (χ2v) is 6.62. The number of likely N-dealkylation sites (tertiary alicyclic amines) is 1. The van der Waals surface area contributed by atoms with E-state index in [9.17, 15) is 19.2 Å². The molecule has 0 saturated carbocycles. The number of piperidine rings is 1. The standard InChI is InChI=1S/C16H26N4O5/c1-4-16(3)14(23)20(15(24)17-16)18-12(21)10-19-8-6-7-11(9-19)13(22)25-5-2/h11H,4-10H2,1-3H3,(H,17,24)(H,18,21)/t11-,16-/m1/s1. The first-order valence-electron chi connectivity index (χ1n) is 8.66. The number of urea groups is 1. The van der Waals surface area contributed by atoms with Crippen molar-refractivity contribution < 1.29 is 23.9 Å². The number of rotatable bonds is 6. The molecule has 140 valence electrons. The van der Waals surface area contributed by atoms with Crippen molar-refractivity contribution in [2.24, 2.45) is 5.92 Å². The molecule has 4 amide bonds. The van der Waals surface area contributed by atoms with Crippen LogP contribution in [0.4, 0.5) is 4.79 Å². The number of ether oxygens (including phenoxy) is 1. The van der Waals surface area contributed by atoms with Gasteiger partial charge < -0.3 is 10.1 Å². The molecule has 2 atom stereocenters. The molecule has 2 aliphatic rings. The van der Waals surface area contributed by atoms with E-state index in [0.717, 1.165) is 17.9 Å². The third kappa shape index (κ3) is 4.28. The molecule has 9 nitrogen and oxygen atoms in total. The van der Waals surface area contributed by atoms with E-state index in [4.69, 9.17) is 4.74 Å². The Morgan fingerprint density at radius 2 is 2.08 bits per heavy atom. The molecule has 2 rings (SSSR count). The average molecular weight is 354 g/mol. The number of esters is 1. The van der Waals surface area contributed by atoms with Gasteiger partial charge in [-0.1, -0.05) is 6.92 Å². The Labute approximate surface area is 147 Å². The summed E-state index contributed by atoms with van der Waals surface area (Å²) in [6.45, 7) is 6.61. The summed E-state index contributed by atoms with van der Waals surface area (Å²) in [5.74, 6) is -1.44. The monoisotopic (exact) mass is 354 g/mol. The zero-order valence-corrected chi connectivity index (χ0v) is 15.0. The number of hydrogen-bond donors (Lipinski definition) is 2. The SMILES string of the molecule is CCOC(=O)[C@@H]1CCCN(CC(=O)NN2C(=O)N[C@](C)(CC)C2=O)C1. The lowest BCUT2D eigenvalue weighted by Crippen LogP contribution is -2.52. The minimum absolute atomic E-state index is 0.00973. The van der Waals surface area contributed by atoms with Crippen LogP contribution < -0.4 is 10.7 Å². The summed E-state index contributed by atoms with van der Waals surface area (Å²) in [6, 6.07) is -0.634. The Morgan fingerprint density at radius 1 is 1.36 bits per heavy atom. The molecule has 0 aliphatic carbocycles. The first kappa shape index (κ1) is 19.2. The normalized spacial score (nSPS) is 27.2. The smallest absolute Gasteiger partial charge is 0.344 e. The lowest BCUT2D eigenvalue weighted by molar-refractivity contribution is -0.150. The van der Waals surface area contributed by atoms with Crippen LogP contribution in [-0.4, -0.2) is 65.5 Å². The highest BCUT2D eigenvalue weighted by atomic mass is 16.5. The Balaban J connectivity index is 1.89. The Bertz CT molecular complexity index is 567. The highest BCUT2D eigenvalue weighted by Crippen LogP contribution is 2.20. The van der Waals surface area contributed by atoms with Crippen LogP contribution in [0.2, 0.25) is 0 Å². The minimum Gasteiger partial charge on any atom is -0.466 e. The maximum atomic E-state index is 12.3. The summed E-state index contributed by atoms with van der Waals surface area (Å²) in [7, 11) is 0. The molecule has 25 heavy (non-hydrogen) atoms. The number of imide groups is 1. The molecule has 0 spiro atoms. The summed E-state index contributed by atoms with van der Waals surface area (Å²) in [4.78, 5) is 50.1. The molecule has 0 aromatic carbocycles. The molecule has 2 saturated heterocycles. The van der Waals surface area contributed by atoms with Gasteiger partial charge in [-0.25, -0.2) is 4.79 Å². The van der Waals surface area contributed by atoms with Crippen molar-refractivity contribution in [1.29, 1.82) is 0 Å². The quantitative estimate of drug-likeness (QED) is 0.514. The molecule has 0 unspecified atom stereocenters. The first-order chi connectivity index (χ1) is 11.8. The van der Waals surface area contributed by atoms with E-state index in [2.05, 4.69) is 10.7 Å². The van der Waals surface area contributed by atoms with Gasteiger partial charge in [0.05, 0.1) is 19.1 Å². The van der Waals surface area contributed by atoms with Crippen LogP contribution in [0.5, 0.6) is 0 Å². The van der Waals surface area contributed by atoms with E-state index in [-0.39, 0.29) is 18.4 Å². The molecule has 0 bridgehead atoms. The summed E-state index contributed by atoms with van der Waals surface area (Å²) < 4.78 is 5.03. The average Bonchev–Trinajstić information content (AvgIpc) is 2.79. The summed E-state index contributed by atoms with van der Waals surface area (Å²) in [5, 5.41) is 3.31. The Morgan fingerprint density at radius 3 is 2.68 bits per heavy atom. The molecule has 2 aliphatic heterocycles. The van der Waals surface area contributed by atoms with Gasteiger partial charge in [0.2, 0.25) is 0 Å². The zero-order valence-electron chi connectivity index (χ0n) is 15.0. The van der Waals surface area contributed by atoms with Gasteiger partial charge in [-0.3, -0.25) is 24.7 Å².